The van der Waals surface area contributed by atoms with Gasteiger partial charge in [0.1, 0.15) is 0 Å². The van der Waals surface area contributed by atoms with E-state index in [0.29, 0.717) is 0 Å². The van der Waals surface area contributed by atoms with Crippen molar-refractivity contribution in [2.24, 2.45) is 11.8 Å². The summed E-state index contributed by atoms with van der Waals surface area (Å²) in [6.07, 6.45) is 3.56. The Kier molecular flexibility index (Phi) is 5.74. The van der Waals surface area contributed by atoms with Crippen molar-refractivity contribution in [3.05, 3.63) is 30.1 Å². The topological polar surface area (TPSA) is 71.2 Å². The number of carbonyl (C=O) groups excluding carboxylic acids is 1. The Labute approximate surface area is 108 Å². The monoisotopic (exact) mass is 250 g/mol. The maximum atomic E-state index is 11.6. The van der Waals surface area contributed by atoms with Crippen LogP contribution in [0.3, 0.4) is 0 Å². The molecule has 0 aromatic carbocycles. The van der Waals surface area contributed by atoms with Crippen molar-refractivity contribution in [3.63, 3.8) is 0 Å². The summed E-state index contributed by atoms with van der Waals surface area (Å²) in [6.45, 7) is 7.71. The molecule has 5 heteroatoms. The van der Waals surface area contributed by atoms with E-state index < -0.39 is 0 Å². The molecule has 0 bridgehead atoms. The van der Waals surface area contributed by atoms with E-state index in [-0.39, 0.29) is 17.9 Å². The third-order valence-corrected chi connectivity index (χ3v) is 3.40. The van der Waals surface area contributed by atoms with Crippen molar-refractivity contribution in [2.75, 3.05) is 6.54 Å². The Balaban J connectivity index is 2.68. The van der Waals surface area contributed by atoms with Crippen molar-refractivity contribution in [3.8, 4) is 0 Å². The second-order valence-electron chi connectivity index (χ2n) is 4.46. The highest BCUT2D eigenvalue weighted by Gasteiger charge is 2.24. The zero-order valence-corrected chi connectivity index (χ0v) is 11.3. The number of hydrazine groups is 1. The number of carbonyl (C=O) groups is 1. The van der Waals surface area contributed by atoms with Gasteiger partial charge < -0.3 is 0 Å². The van der Waals surface area contributed by atoms with Crippen LogP contribution in [-0.4, -0.2) is 28.4 Å². The third-order valence-electron chi connectivity index (χ3n) is 3.40. The molecule has 0 saturated carbocycles. The minimum Gasteiger partial charge on any atom is -0.296 e. The normalized spacial score (nSPS) is 14.3. The van der Waals surface area contributed by atoms with Crippen molar-refractivity contribution in [1.82, 2.24) is 15.3 Å². The molecule has 2 atom stereocenters. The number of nitrogens with one attached hydrogen (secondary N) is 1. The summed E-state index contributed by atoms with van der Waals surface area (Å²) in [5.74, 6) is 4.91. The van der Waals surface area contributed by atoms with Crippen LogP contribution in [0.25, 0.3) is 0 Å². The summed E-state index contributed by atoms with van der Waals surface area (Å²) in [5.41, 5.74) is 3.41. The molecule has 1 aromatic rings. The van der Waals surface area contributed by atoms with Gasteiger partial charge in [0.05, 0.1) is 5.92 Å². The molecule has 1 rings (SSSR count). The zero-order chi connectivity index (χ0) is 13.5. The summed E-state index contributed by atoms with van der Waals surface area (Å²) >= 11 is 0. The summed E-state index contributed by atoms with van der Waals surface area (Å²) in [5, 5.41) is 0. The molecule has 1 amide bonds. The van der Waals surface area contributed by atoms with E-state index >= 15 is 0 Å². The number of rotatable bonds is 6. The summed E-state index contributed by atoms with van der Waals surface area (Å²) < 4.78 is 0. The number of pyridine rings is 1. The maximum Gasteiger partial charge on any atom is 0.238 e. The van der Waals surface area contributed by atoms with Crippen LogP contribution in [-0.2, 0) is 11.3 Å². The molecule has 0 aliphatic carbocycles. The van der Waals surface area contributed by atoms with Crippen molar-refractivity contribution in [2.45, 2.75) is 33.4 Å². The molecule has 0 spiro atoms. The minimum absolute atomic E-state index is 0.129. The highest BCUT2D eigenvalue weighted by Crippen LogP contribution is 2.14. The van der Waals surface area contributed by atoms with Crippen molar-refractivity contribution >= 4 is 5.91 Å². The predicted octanol–water partition coefficient (Wildman–Crippen LogP) is 0.918. The average molecular weight is 250 g/mol. The molecule has 1 heterocycles. The molecule has 0 aliphatic heterocycles. The lowest BCUT2D eigenvalue weighted by atomic mass is 10.0. The Hall–Kier alpha value is -1.46. The summed E-state index contributed by atoms with van der Waals surface area (Å²) in [4.78, 5) is 17.8. The van der Waals surface area contributed by atoms with Gasteiger partial charge in [-0.3, -0.25) is 20.1 Å². The second-order valence-corrected chi connectivity index (χ2v) is 4.46. The van der Waals surface area contributed by atoms with Gasteiger partial charge in [0.15, 0.2) is 0 Å². The first-order valence-corrected chi connectivity index (χ1v) is 6.23. The van der Waals surface area contributed by atoms with Crippen LogP contribution in [0.2, 0.25) is 0 Å². The summed E-state index contributed by atoms with van der Waals surface area (Å²) in [7, 11) is 0. The van der Waals surface area contributed by atoms with Crippen LogP contribution >= 0.6 is 0 Å². The molecule has 2 unspecified atom stereocenters. The number of hydrogen-bond acceptors (Lipinski definition) is 4. The van der Waals surface area contributed by atoms with Gasteiger partial charge in [0.25, 0.3) is 0 Å². The highest BCUT2D eigenvalue weighted by atomic mass is 16.2. The van der Waals surface area contributed by atoms with E-state index in [1.54, 1.807) is 12.4 Å². The molecular weight excluding hydrogens is 228 g/mol. The van der Waals surface area contributed by atoms with E-state index in [9.17, 15) is 4.79 Å². The van der Waals surface area contributed by atoms with Gasteiger partial charge in [-0.2, -0.15) is 0 Å². The SMILES string of the molecule is CCN(Cc1ccncc1)C(C)C(C)C(=O)NN. The molecule has 0 radical (unpaired) electrons. The molecule has 5 nitrogen and oxygen atoms in total. The number of nitrogens with zero attached hydrogens (tertiary/aromatic N) is 2. The van der Waals surface area contributed by atoms with Crippen molar-refractivity contribution in [1.29, 1.82) is 0 Å². The molecule has 3 N–H and O–H groups in total. The van der Waals surface area contributed by atoms with Crippen LogP contribution in [0, 0.1) is 5.92 Å². The highest BCUT2D eigenvalue weighted by molar-refractivity contribution is 5.78. The fraction of sp³-hybridized carbons (Fsp3) is 0.538. The van der Waals surface area contributed by atoms with Gasteiger partial charge in [-0.05, 0) is 31.2 Å². The van der Waals surface area contributed by atoms with Crippen LogP contribution in [0.4, 0.5) is 0 Å². The van der Waals surface area contributed by atoms with Gasteiger partial charge >= 0.3 is 0 Å². The largest absolute Gasteiger partial charge is 0.296 e. The van der Waals surface area contributed by atoms with Gasteiger partial charge in [-0.15, -0.1) is 0 Å². The van der Waals surface area contributed by atoms with E-state index in [1.807, 2.05) is 26.0 Å². The summed E-state index contributed by atoms with van der Waals surface area (Å²) in [6, 6.07) is 4.11. The third kappa shape index (κ3) is 3.78. The first-order valence-electron chi connectivity index (χ1n) is 6.23. The van der Waals surface area contributed by atoms with Crippen molar-refractivity contribution < 1.29 is 4.79 Å². The Bertz CT molecular complexity index is 369. The minimum atomic E-state index is -0.142. The molecule has 0 saturated heterocycles. The number of hydrogen-bond donors (Lipinski definition) is 2. The van der Waals surface area contributed by atoms with E-state index in [1.165, 1.54) is 5.56 Å². The van der Waals surface area contributed by atoms with Crippen LogP contribution < -0.4 is 11.3 Å². The molecule has 100 valence electrons. The van der Waals surface area contributed by atoms with Gasteiger partial charge in [-0.1, -0.05) is 13.8 Å². The van der Waals surface area contributed by atoms with Gasteiger partial charge in [0, 0.05) is 25.0 Å². The molecular formula is C13H22N4O. The quantitative estimate of drug-likeness (QED) is 0.447. The first-order chi connectivity index (χ1) is 8.60. The standard InChI is InChI=1S/C13H22N4O/c1-4-17(9-12-5-7-15-8-6-12)11(3)10(2)13(18)16-14/h5-8,10-11H,4,9,14H2,1-3H3,(H,16,18). The Morgan fingerprint density at radius 1 is 1.44 bits per heavy atom. The van der Waals surface area contributed by atoms with Crippen LogP contribution in [0.5, 0.6) is 0 Å². The number of amides is 1. The van der Waals surface area contributed by atoms with Gasteiger partial charge in [-0.25, -0.2) is 5.84 Å². The molecule has 1 aromatic heterocycles. The van der Waals surface area contributed by atoms with Gasteiger partial charge in [0.2, 0.25) is 5.91 Å². The smallest absolute Gasteiger partial charge is 0.238 e. The lowest BCUT2D eigenvalue weighted by molar-refractivity contribution is -0.126. The van der Waals surface area contributed by atoms with E-state index in [0.717, 1.165) is 13.1 Å². The van der Waals surface area contributed by atoms with Crippen LogP contribution in [0.15, 0.2) is 24.5 Å². The van der Waals surface area contributed by atoms with E-state index in [4.69, 9.17) is 5.84 Å². The number of nitrogens with two attached hydrogens (primary N) is 1. The zero-order valence-electron chi connectivity index (χ0n) is 11.3. The lowest BCUT2D eigenvalue weighted by Gasteiger charge is -2.31. The molecule has 0 aliphatic rings. The lowest BCUT2D eigenvalue weighted by Crippen LogP contribution is -2.45. The number of aromatic nitrogens is 1. The Morgan fingerprint density at radius 3 is 2.56 bits per heavy atom. The molecule has 18 heavy (non-hydrogen) atoms. The predicted molar refractivity (Wildman–Crippen MR) is 71.3 cm³/mol. The average Bonchev–Trinajstić information content (AvgIpc) is 2.43. The van der Waals surface area contributed by atoms with Crippen LogP contribution in [0.1, 0.15) is 26.3 Å². The maximum absolute atomic E-state index is 11.6. The fourth-order valence-electron chi connectivity index (χ4n) is 1.93. The second kappa shape index (κ2) is 7.08. The van der Waals surface area contributed by atoms with E-state index in [2.05, 4.69) is 22.2 Å². The molecule has 0 fully saturated rings. The first kappa shape index (κ1) is 14.6. The fourth-order valence-corrected chi connectivity index (χ4v) is 1.93. The Morgan fingerprint density at radius 2 is 2.06 bits per heavy atom.